The van der Waals surface area contributed by atoms with Crippen molar-refractivity contribution in [2.24, 2.45) is 0 Å². The van der Waals surface area contributed by atoms with E-state index in [1.54, 1.807) is 12.1 Å². The highest BCUT2D eigenvalue weighted by Crippen LogP contribution is 2.29. The summed E-state index contributed by atoms with van der Waals surface area (Å²) in [4.78, 5) is 28.2. The minimum absolute atomic E-state index is 0.0404. The van der Waals surface area contributed by atoms with Gasteiger partial charge in [-0.05, 0) is 24.3 Å². The maximum Gasteiger partial charge on any atom is 0.266 e. The third-order valence-electron chi connectivity index (χ3n) is 5.23. The maximum atomic E-state index is 12.7. The average Bonchev–Trinajstić information content (AvgIpc) is 2.69. The smallest absolute Gasteiger partial charge is 0.266 e. The van der Waals surface area contributed by atoms with E-state index in [0.717, 1.165) is 24.7 Å². The molecule has 0 saturated carbocycles. The molecule has 6 nitrogen and oxygen atoms in total. The predicted molar refractivity (Wildman–Crippen MR) is 107 cm³/mol. The number of rotatable bonds is 4. The number of fused-ring (bicyclic) bond motifs is 1. The van der Waals surface area contributed by atoms with Crippen molar-refractivity contribution in [1.29, 1.82) is 0 Å². The van der Waals surface area contributed by atoms with Crippen molar-refractivity contribution >= 4 is 29.1 Å². The molecule has 2 aromatic rings. The summed E-state index contributed by atoms with van der Waals surface area (Å²) in [5.41, 5.74) is 1.85. The first-order chi connectivity index (χ1) is 13.6. The number of nitrogens with one attached hydrogen (secondary N) is 2. The number of piperazine rings is 1. The van der Waals surface area contributed by atoms with Gasteiger partial charge in [0.1, 0.15) is 12.3 Å². The van der Waals surface area contributed by atoms with E-state index in [1.807, 2.05) is 35.2 Å². The largest absolute Gasteiger partial charge is 0.478 e. The Morgan fingerprint density at radius 2 is 1.96 bits per heavy atom. The van der Waals surface area contributed by atoms with Gasteiger partial charge >= 0.3 is 0 Å². The van der Waals surface area contributed by atoms with Crippen LogP contribution >= 0.6 is 11.6 Å². The number of ether oxygens (including phenoxy) is 1. The number of anilines is 1. The van der Waals surface area contributed by atoms with Crippen LogP contribution in [0.5, 0.6) is 5.75 Å². The minimum Gasteiger partial charge on any atom is -0.478 e. The van der Waals surface area contributed by atoms with Crippen LogP contribution in [0.4, 0.5) is 5.69 Å². The van der Waals surface area contributed by atoms with Gasteiger partial charge in [-0.15, -0.1) is 0 Å². The lowest BCUT2D eigenvalue weighted by Crippen LogP contribution is -3.13. The molecule has 7 heteroatoms. The summed E-state index contributed by atoms with van der Waals surface area (Å²) in [7, 11) is 0. The maximum absolute atomic E-state index is 12.7. The topological polar surface area (TPSA) is 63.1 Å². The second-order valence-electron chi connectivity index (χ2n) is 7.23. The minimum atomic E-state index is -0.778. The van der Waals surface area contributed by atoms with Crippen LogP contribution in [0.3, 0.4) is 0 Å². The number of hydrogen-bond acceptors (Lipinski definition) is 3. The molecule has 2 heterocycles. The molecule has 1 fully saturated rings. The Kier molecular flexibility index (Phi) is 5.50. The zero-order valence-corrected chi connectivity index (χ0v) is 16.2. The highest BCUT2D eigenvalue weighted by molar-refractivity contribution is 6.30. The van der Waals surface area contributed by atoms with Gasteiger partial charge in [-0.25, -0.2) is 0 Å². The Labute approximate surface area is 169 Å². The number of amides is 2. The Bertz CT molecular complexity index is 881. The van der Waals surface area contributed by atoms with Gasteiger partial charge in [-0.2, -0.15) is 0 Å². The van der Waals surface area contributed by atoms with Crippen molar-refractivity contribution < 1.29 is 19.2 Å². The second-order valence-corrected chi connectivity index (χ2v) is 7.67. The van der Waals surface area contributed by atoms with E-state index in [0.29, 0.717) is 24.5 Å². The standard InChI is InChI=1S/C21H22ClN3O3/c22-16-5-3-4-15(12-16)14-24-8-10-25(11-9-24)20(26)13-19-21(27)23-17-6-1-2-7-18(17)28-19/h1-7,12,19H,8-11,13-14H2,(H,23,27)/p+1/t19-/m0/s1. The van der Waals surface area contributed by atoms with E-state index >= 15 is 0 Å². The summed E-state index contributed by atoms with van der Waals surface area (Å²) in [5.74, 6) is 0.300. The van der Waals surface area contributed by atoms with Crippen molar-refractivity contribution in [3.63, 3.8) is 0 Å². The van der Waals surface area contributed by atoms with Gasteiger partial charge in [-0.3, -0.25) is 9.59 Å². The van der Waals surface area contributed by atoms with Crippen molar-refractivity contribution in [3.05, 3.63) is 59.1 Å². The number of quaternary nitrogens is 1. The molecule has 0 spiro atoms. The first-order valence-corrected chi connectivity index (χ1v) is 9.88. The Balaban J connectivity index is 1.29. The van der Waals surface area contributed by atoms with E-state index in [4.69, 9.17) is 16.3 Å². The molecule has 146 valence electrons. The number of carbonyl (C=O) groups excluding carboxylic acids is 2. The zero-order valence-electron chi connectivity index (χ0n) is 15.5. The summed E-state index contributed by atoms with van der Waals surface area (Å²) >= 11 is 6.06. The molecule has 28 heavy (non-hydrogen) atoms. The third-order valence-corrected chi connectivity index (χ3v) is 5.47. The van der Waals surface area contributed by atoms with Gasteiger partial charge in [0.15, 0.2) is 6.10 Å². The lowest BCUT2D eigenvalue weighted by molar-refractivity contribution is -0.917. The highest BCUT2D eigenvalue weighted by Gasteiger charge is 2.32. The normalized spacial score (nSPS) is 19.5. The first kappa shape index (κ1) is 18.8. The molecule has 2 aromatic carbocycles. The number of hydrogen-bond donors (Lipinski definition) is 2. The van der Waals surface area contributed by atoms with Gasteiger partial charge in [0, 0.05) is 10.6 Å². The van der Waals surface area contributed by atoms with Crippen molar-refractivity contribution in [2.75, 3.05) is 31.5 Å². The summed E-state index contributed by atoms with van der Waals surface area (Å²) < 4.78 is 5.74. The molecule has 0 aromatic heterocycles. The molecule has 2 aliphatic heterocycles. The van der Waals surface area contributed by atoms with Gasteiger partial charge in [0.2, 0.25) is 5.91 Å². The van der Waals surface area contributed by atoms with Crippen LogP contribution in [-0.2, 0) is 16.1 Å². The molecule has 0 unspecified atom stereocenters. The highest BCUT2D eigenvalue weighted by atomic mass is 35.5. The number of nitrogens with zero attached hydrogens (tertiary/aromatic N) is 1. The molecule has 1 saturated heterocycles. The number of halogens is 1. The summed E-state index contributed by atoms with van der Waals surface area (Å²) in [6.45, 7) is 4.00. The first-order valence-electron chi connectivity index (χ1n) is 9.51. The van der Waals surface area contributed by atoms with Crippen LogP contribution in [0.15, 0.2) is 48.5 Å². The molecular formula is C21H23ClN3O3+. The molecular weight excluding hydrogens is 378 g/mol. The van der Waals surface area contributed by atoms with Crippen LogP contribution < -0.4 is 15.0 Å². The van der Waals surface area contributed by atoms with E-state index in [1.165, 1.54) is 10.5 Å². The van der Waals surface area contributed by atoms with Crippen molar-refractivity contribution in [3.8, 4) is 5.75 Å². The zero-order chi connectivity index (χ0) is 19.5. The van der Waals surface area contributed by atoms with E-state index < -0.39 is 6.10 Å². The molecule has 2 N–H and O–H groups in total. The third kappa shape index (κ3) is 4.29. The van der Waals surface area contributed by atoms with Crippen LogP contribution in [0, 0.1) is 0 Å². The van der Waals surface area contributed by atoms with E-state index in [2.05, 4.69) is 11.4 Å². The fourth-order valence-corrected chi connectivity index (χ4v) is 3.91. The molecule has 1 atom stereocenters. The lowest BCUT2D eigenvalue weighted by Gasteiger charge is -2.33. The summed E-state index contributed by atoms with van der Waals surface area (Å²) in [6, 6.07) is 15.2. The molecule has 4 rings (SSSR count). The fraction of sp³-hybridized carbons (Fsp3) is 0.333. The molecule has 0 aliphatic carbocycles. The van der Waals surface area contributed by atoms with Crippen LogP contribution in [0.25, 0.3) is 0 Å². The summed E-state index contributed by atoms with van der Waals surface area (Å²) in [6.07, 6.45) is -0.719. The Hall–Kier alpha value is -2.57. The lowest BCUT2D eigenvalue weighted by atomic mass is 10.1. The quantitative estimate of drug-likeness (QED) is 0.814. The van der Waals surface area contributed by atoms with Crippen molar-refractivity contribution in [2.45, 2.75) is 19.1 Å². The number of carbonyl (C=O) groups is 2. The van der Waals surface area contributed by atoms with E-state index in [9.17, 15) is 9.59 Å². The van der Waals surface area contributed by atoms with Crippen LogP contribution in [0.2, 0.25) is 5.02 Å². The van der Waals surface area contributed by atoms with E-state index in [-0.39, 0.29) is 18.2 Å². The second kappa shape index (κ2) is 8.20. The Morgan fingerprint density at radius 3 is 2.75 bits per heavy atom. The van der Waals surface area contributed by atoms with Gasteiger partial charge in [0.05, 0.1) is 38.3 Å². The van der Waals surface area contributed by atoms with Gasteiger partial charge in [-0.1, -0.05) is 35.9 Å². The summed E-state index contributed by atoms with van der Waals surface area (Å²) in [5, 5.41) is 3.56. The number of para-hydroxylation sites is 2. The average molecular weight is 401 g/mol. The monoisotopic (exact) mass is 400 g/mol. The molecule has 0 radical (unpaired) electrons. The van der Waals surface area contributed by atoms with Crippen molar-refractivity contribution in [1.82, 2.24) is 4.90 Å². The molecule has 2 aliphatic rings. The predicted octanol–water partition coefficient (Wildman–Crippen LogP) is 1.36. The van der Waals surface area contributed by atoms with Crippen LogP contribution in [-0.4, -0.2) is 49.0 Å². The fourth-order valence-electron chi connectivity index (χ4n) is 3.70. The van der Waals surface area contributed by atoms with Gasteiger partial charge in [0.25, 0.3) is 5.91 Å². The Morgan fingerprint density at radius 1 is 1.18 bits per heavy atom. The van der Waals surface area contributed by atoms with Crippen LogP contribution in [0.1, 0.15) is 12.0 Å². The SMILES string of the molecule is O=C1Nc2ccccc2O[C@H]1CC(=O)N1CC[NH+](Cc2cccc(Cl)c2)CC1. The number of benzene rings is 2. The molecule has 0 bridgehead atoms. The molecule has 2 amide bonds. The van der Waals surface area contributed by atoms with Gasteiger partial charge < -0.3 is 19.9 Å².